The predicted molar refractivity (Wildman–Crippen MR) is 179 cm³/mol. The molecule has 1 aromatic heterocycles. The number of esters is 1. The van der Waals surface area contributed by atoms with Gasteiger partial charge in [0, 0.05) is 30.4 Å². The second-order valence-corrected chi connectivity index (χ2v) is 13.1. The Morgan fingerprint density at radius 1 is 1.12 bits per heavy atom. The van der Waals surface area contributed by atoms with Gasteiger partial charge in [0.15, 0.2) is 4.80 Å². The van der Waals surface area contributed by atoms with Crippen molar-refractivity contribution in [2.24, 2.45) is 4.99 Å². The summed E-state index contributed by atoms with van der Waals surface area (Å²) in [5.41, 5.74) is 4.08. The Kier molecular flexibility index (Phi) is 9.60. The molecule has 11 heteroatoms. The molecule has 222 valence electrons. The fourth-order valence-electron chi connectivity index (χ4n) is 4.78. The molecular formula is C32H28Br2ClN3O4S. The number of anilines is 1. The van der Waals surface area contributed by atoms with E-state index in [9.17, 15) is 9.59 Å². The second-order valence-electron chi connectivity index (χ2n) is 9.98. The maximum Gasteiger partial charge on any atom is 0.338 e. The van der Waals surface area contributed by atoms with Crippen LogP contribution in [-0.4, -0.2) is 31.2 Å². The van der Waals surface area contributed by atoms with Crippen LogP contribution >= 0.6 is 54.8 Å². The van der Waals surface area contributed by atoms with Gasteiger partial charge in [0.25, 0.3) is 5.56 Å². The molecule has 2 heterocycles. The Morgan fingerprint density at radius 3 is 2.42 bits per heavy atom. The lowest BCUT2D eigenvalue weighted by molar-refractivity contribution is -0.139. The fraction of sp³-hybridized carbons (Fsp3) is 0.219. The Balaban J connectivity index is 1.56. The molecule has 0 fully saturated rings. The second kappa shape index (κ2) is 13.2. The molecule has 1 aliphatic rings. The molecule has 0 bridgehead atoms. The Hall–Kier alpha value is -3.18. The lowest BCUT2D eigenvalue weighted by atomic mass is 9.95. The SMILES string of the molecule is CCOC(=O)C1=C(C)N=c2s/c(=C\c3cc(Br)c(OCc4ccccc4Cl)c(Br)c3)c(=O)n2[C@@H]1c1ccc(N(C)C)cc1. The minimum absolute atomic E-state index is 0.216. The molecule has 1 atom stereocenters. The number of carbonyl (C=O) groups is 1. The number of thiazole rings is 1. The Bertz CT molecular complexity index is 1890. The number of allylic oxidation sites excluding steroid dienone is 1. The molecule has 3 aromatic carbocycles. The third-order valence-corrected chi connectivity index (χ3v) is 9.42. The van der Waals surface area contributed by atoms with Crippen LogP contribution in [0.4, 0.5) is 5.69 Å². The normalized spacial score (nSPS) is 14.8. The van der Waals surface area contributed by atoms with Crippen molar-refractivity contribution in [2.75, 3.05) is 25.6 Å². The van der Waals surface area contributed by atoms with Crippen molar-refractivity contribution in [3.8, 4) is 5.75 Å². The number of fused-ring (bicyclic) bond motifs is 1. The largest absolute Gasteiger partial charge is 0.486 e. The Labute approximate surface area is 275 Å². The molecule has 4 aromatic rings. The standard InChI is InChI=1S/C32H28Br2ClN3O4S/c1-5-41-31(40)27-18(2)36-32-38(28(27)20-10-12-22(13-11-20)37(3)4)30(39)26(43-32)16-19-14-23(33)29(24(34)15-19)42-17-21-8-6-7-9-25(21)35/h6-16,28H,5,17H2,1-4H3/b26-16-/t28-/m1/s1. The summed E-state index contributed by atoms with van der Waals surface area (Å²) < 4.78 is 15.0. The van der Waals surface area contributed by atoms with Crippen LogP contribution in [0.5, 0.6) is 5.75 Å². The zero-order chi connectivity index (χ0) is 30.8. The summed E-state index contributed by atoms with van der Waals surface area (Å²) in [5, 5.41) is 0.634. The van der Waals surface area contributed by atoms with E-state index in [1.807, 2.05) is 85.7 Å². The molecule has 1 aliphatic heterocycles. The van der Waals surface area contributed by atoms with E-state index in [1.54, 1.807) is 18.4 Å². The highest BCUT2D eigenvalue weighted by Gasteiger charge is 2.33. The molecule has 0 amide bonds. The van der Waals surface area contributed by atoms with Crippen LogP contribution in [0, 0.1) is 0 Å². The number of carbonyl (C=O) groups excluding carboxylic acids is 1. The quantitative estimate of drug-likeness (QED) is 0.190. The van der Waals surface area contributed by atoms with Gasteiger partial charge >= 0.3 is 5.97 Å². The van der Waals surface area contributed by atoms with E-state index in [0.29, 0.717) is 46.9 Å². The van der Waals surface area contributed by atoms with Crippen molar-refractivity contribution < 1.29 is 14.3 Å². The van der Waals surface area contributed by atoms with Crippen molar-refractivity contribution in [1.29, 1.82) is 0 Å². The zero-order valence-corrected chi connectivity index (χ0v) is 28.6. The first-order valence-corrected chi connectivity index (χ1v) is 16.2. The molecule has 5 rings (SSSR count). The third-order valence-electron chi connectivity index (χ3n) is 6.89. The first-order chi connectivity index (χ1) is 20.6. The maximum atomic E-state index is 14.0. The Morgan fingerprint density at radius 2 is 1.79 bits per heavy atom. The third kappa shape index (κ3) is 6.52. The van der Waals surface area contributed by atoms with Gasteiger partial charge in [-0.1, -0.05) is 53.3 Å². The van der Waals surface area contributed by atoms with Gasteiger partial charge in [-0.15, -0.1) is 0 Å². The number of ether oxygens (including phenoxy) is 2. The van der Waals surface area contributed by atoms with Crippen LogP contribution < -0.4 is 24.5 Å². The number of aromatic nitrogens is 1. The highest BCUT2D eigenvalue weighted by Crippen LogP contribution is 2.36. The molecule has 7 nitrogen and oxygen atoms in total. The average Bonchev–Trinajstić information content (AvgIpc) is 3.26. The maximum absolute atomic E-state index is 14.0. The first-order valence-electron chi connectivity index (χ1n) is 13.4. The number of hydrogen-bond donors (Lipinski definition) is 0. The summed E-state index contributed by atoms with van der Waals surface area (Å²) >= 11 is 14.8. The van der Waals surface area contributed by atoms with Crippen molar-refractivity contribution in [2.45, 2.75) is 26.5 Å². The van der Waals surface area contributed by atoms with Crippen LogP contribution in [0.25, 0.3) is 6.08 Å². The number of benzene rings is 3. The van der Waals surface area contributed by atoms with E-state index in [0.717, 1.165) is 22.4 Å². The molecule has 0 unspecified atom stereocenters. The minimum atomic E-state index is -0.673. The van der Waals surface area contributed by atoms with Gasteiger partial charge in [-0.05, 0) is 93.2 Å². The predicted octanol–water partition coefficient (Wildman–Crippen LogP) is 6.62. The number of nitrogens with zero attached hydrogens (tertiary/aromatic N) is 3. The van der Waals surface area contributed by atoms with Crippen LogP contribution in [-0.2, 0) is 16.1 Å². The highest BCUT2D eigenvalue weighted by atomic mass is 79.9. The van der Waals surface area contributed by atoms with E-state index in [4.69, 9.17) is 21.1 Å². The summed E-state index contributed by atoms with van der Waals surface area (Å²) in [6, 6.07) is 18.4. The van der Waals surface area contributed by atoms with Gasteiger partial charge in [-0.25, -0.2) is 9.79 Å². The summed E-state index contributed by atoms with van der Waals surface area (Å²) in [7, 11) is 3.92. The monoisotopic (exact) mass is 743 g/mol. The van der Waals surface area contributed by atoms with Crippen molar-refractivity contribution in [3.63, 3.8) is 0 Å². The minimum Gasteiger partial charge on any atom is -0.486 e. The van der Waals surface area contributed by atoms with Crippen molar-refractivity contribution in [1.82, 2.24) is 4.57 Å². The topological polar surface area (TPSA) is 73.1 Å². The summed E-state index contributed by atoms with van der Waals surface area (Å²) in [5.74, 6) is 0.134. The van der Waals surface area contributed by atoms with Crippen LogP contribution in [0.3, 0.4) is 0 Å². The molecule has 0 saturated heterocycles. The van der Waals surface area contributed by atoms with Crippen LogP contribution in [0.15, 0.2) is 90.7 Å². The number of halogens is 3. The van der Waals surface area contributed by atoms with Crippen LogP contribution in [0.1, 0.15) is 36.6 Å². The molecule has 0 aliphatic carbocycles. The molecule has 43 heavy (non-hydrogen) atoms. The van der Waals surface area contributed by atoms with Crippen molar-refractivity contribution in [3.05, 3.63) is 122 Å². The van der Waals surface area contributed by atoms with Gasteiger partial charge in [0.1, 0.15) is 12.4 Å². The average molecular weight is 746 g/mol. The molecular weight excluding hydrogens is 718 g/mol. The van der Waals surface area contributed by atoms with Gasteiger partial charge < -0.3 is 14.4 Å². The highest BCUT2D eigenvalue weighted by molar-refractivity contribution is 9.11. The van der Waals surface area contributed by atoms with Crippen LogP contribution in [0.2, 0.25) is 5.02 Å². The van der Waals surface area contributed by atoms with E-state index >= 15 is 0 Å². The van der Waals surface area contributed by atoms with E-state index in [1.165, 1.54) is 11.3 Å². The fourth-order valence-corrected chi connectivity index (χ4v) is 7.47. The van der Waals surface area contributed by atoms with E-state index < -0.39 is 12.0 Å². The zero-order valence-electron chi connectivity index (χ0n) is 23.9. The van der Waals surface area contributed by atoms with Crippen molar-refractivity contribution >= 4 is 72.5 Å². The van der Waals surface area contributed by atoms with Gasteiger partial charge in [0.05, 0.1) is 37.4 Å². The first kappa shape index (κ1) is 31.3. The van der Waals surface area contributed by atoms with Gasteiger partial charge in [-0.2, -0.15) is 0 Å². The number of hydrogen-bond acceptors (Lipinski definition) is 7. The smallest absolute Gasteiger partial charge is 0.338 e. The van der Waals surface area contributed by atoms with E-state index in [2.05, 4.69) is 36.9 Å². The molecule has 0 spiro atoms. The molecule has 0 saturated carbocycles. The summed E-state index contributed by atoms with van der Waals surface area (Å²) in [6.07, 6.45) is 1.81. The molecule has 0 radical (unpaired) electrons. The van der Waals surface area contributed by atoms with E-state index in [-0.39, 0.29) is 12.2 Å². The lowest BCUT2D eigenvalue weighted by Gasteiger charge is -2.25. The van der Waals surface area contributed by atoms with Gasteiger partial charge in [0.2, 0.25) is 0 Å². The summed E-state index contributed by atoms with van der Waals surface area (Å²) in [6.45, 7) is 4.05. The lowest BCUT2D eigenvalue weighted by Crippen LogP contribution is -2.39. The van der Waals surface area contributed by atoms with Gasteiger partial charge in [-0.3, -0.25) is 9.36 Å². The number of rotatable bonds is 8. The molecule has 0 N–H and O–H groups in total. The summed E-state index contributed by atoms with van der Waals surface area (Å²) in [4.78, 5) is 34.3.